The molecule has 0 fully saturated rings. The number of nitrogens with one attached hydrogen (secondary N) is 1. The molecule has 0 spiro atoms. The summed E-state index contributed by atoms with van der Waals surface area (Å²) in [5, 5.41) is 0. The van der Waals surface area contributed by atoms with Gasteiger partial charge in [0.15, 0.2) is 0 Å². The standard InChI is InChI=1S/C42H74N2/c1-3-5-7-9-11-13-15-17-19-21-23-25-30-34-41(38-40-32-28-27-29-33-40)42(44-37-36-43-39-44)35-31-26-24-22-20-18-16-14-12-10-8-6-4-2/h27-29,32-33,36-37,39,41-42H,3-26,30-31,34-35,38H2,1-2H3/p+1. The average molecular weight is 608 g/mol. The van der Waals surface area contributed by atoms with Crippen LogP contribution in [0, 0.1) is 5.92 Å². The molecule has 2 rings (SSSR count). The Kier molecular flexibility index (Phi) is 25.3. The van der Waals surface area contributed by atoms with E-state index in [4.69, 9.17) is 0 Å². The lowest BCUT2D eigenvalue weighted by molar-refractivity contribution is -0.730. The first-order valence-electron chi connectivity index (χ1n) is 19.9. The van der Waals surface area contributed by atoms with E-state index in [2.05, 4.69) is 72.5 Å². The van der Waals surface area contributed by atoms with Gasteiger partial charge >= 0.3 is 0 Å². The Morgan fingerprint density at radius 1 is 0.500 bits per heavy atom. The number of hydrogen-bond acceptors (Lipinski definition) is 0. The molecule has 1 N–H and O–H groups in total. The van der Waals surface area contributed by atoms with Crippen LogP contribution in [0.5, 0.6) is 0 Å². The highest BCUT2D eigenvalue weighted by molar-refractivity contribution is 5.15. The van der Waals surface area contributed by atoms with Gasteiger partial charge in [-0.1, -0.05) is 205 Å². The van der Waals surface area contributed by atoms with Crippen LogP contribution in [0.2, 0.25) is 0 Å². The lowest BCUT2D eigenvalue weighted by Gasteiger charge is -2.25. The van der Waals surface area contributed by atoms with E-state index >= 15 is 0 Å². The molecule has 0 bridgehead atoms. The van der Waals surface area contributed by atoms with Crippen molar-refractivity contribution in [2.45, 2.75) is 206 Å². The van der Waals surface area contributed by atoms with Gasteiger partial charge in [-0.2, -0.15) is 0 Å². The second-order valence-corrected chi connectivity index (χ2v) is 14.1. The van der Waals surface area contributed by atoms with E-state index in [-0.39, 0.29) is 0 Å². The molecule has 0 saturated carbocycles. The van der Waals surface area contributed by atoms with Crippen LogP contribution in [0.15, 0.2) is 49.1 Å². The molecule has 0 aliphatic rings. The molecule has 0 saturated heterocycles. The Hall–Kier alpha value is -1.57. The Labute approximate surface area is 275 Å². The molecular formula is C42H75N2+. The first-order chi connectivity index (χ1) is 21.8. The molecule has 2 heteroatoms. The van der Waals surface area contributed by atoms with E-state index in [0.717, 1.165) is 0 Å². The van der Waals surface area contributed by atoms with E-state index in [1.54, 1.807) is 0 Å². The van der Waals surface area contributed by atoms with Crippen LogP contribution in [-0.4, -0.2) is 4.98 Å². The average Bonchev–Trinajstić information content (AvgIpc) is 3.58. The minimum absolute atomic E-state index is 0.603. The van der Waals surface area contributed by atoms with Crippen molar-refractivity contribution < 1.29 is 4.57 Å². The molecule has 1 aromatic carbocycles. The molecule has 252 valence electrons. The Morgan fingerprint density at radius 2 is 0.909 bits per heavy atom. The molecule has 0 amide bonds. The summed E-state index contributed by atoms with van der Waals surface area (Å²) in [4.78, 5) is 3.36. The predicted molar refractivity (Wildman–Crippen MR) is 194 cm³/mol. The zero-order valence-corrected chi connectivity index (χ0v) is 29.7. The molecular weight excluding hydrogens is 532 g/mol. The number of benzene rings is 1. The van der Waals surface area contributed by atoms with Gasteiger partial charge in [0.25, 0.3) is 0 Å². The number of unbranched alkanes of at least 4 members (excludes halogenated alkanes) is 24. The zero-order chi connectivity index (χ0) is 31.2. The number of nitrogens with zero attached hydrogens (tertiary/aromatic N) is 1. The van der Waals surface area contributed by atoms with Gasteiger partial charge in [0.1, 0.15) is 18.4 Å². The monoisotopic (exact) mass is 608 g/mol. The van der Waals surface area contributed by atoms with Crippen molar-refractivity contribution in [3.8, 4) is 0 Å². The van der Waals surface area contributed by atoms with E-state index in [1.807, 2.05) is 0 Å². The molecule has 2 atom stereocenters. The minimum Gasteiger partial charge on any atom is -0.250 e. The van der Waals surface area contributed by atoms with E-state index in [1.165, 1.54) is 192 Å². The maximum Gasteiger partial charge on any atom is 0.241 e. The van der Waals surface area contributed by atoms with E-state index < -0.39 is 0 Å². The molecule has 44 heavy (non-hydrogen) atoms. The van der Waals surface area contributed by atoms with Gasteiger partial charge in [0.05, 0.1) is 0 Å². The van der Waals surface area contributed by atoms with Crippen molar-refractivity contribution in [2.75, 3.05) is 0 Å². The van der Waals surface area contributed by atoms with Crippen LogP contribution in [0.1, 0.15) is 205 Å². The van der Waals surface area contributed by atoms with Crippen molar-refractivity contribution in [3.63, 3.8) is 0 Å². The third-order valence-corrected chi connectivity index (χ3v) is 10.1. The quantitative estimate of drug-likeness (QED) is 0.0630. The summed E-state index contributed by atoms with van der Waals surface area (Å²) < 4.78 is 2.51. The van der Waals surface area contributed by atoms with Crippen molar-refractivity contribution in [1.29, 1.82) is 0 Å². The lowest BCUT2D eigenvalue weighted by Crippen LogP contribution is -2.42. The fraction of sp³-hybridized carbons (Fsp3) is 0.786. The molecule has 1 aromatic heterocycles. The second-order valence-electron chi connectivity index (χ2n) is 14.1. The topological polar surface area (TPSA) is 19.7 Å². The molecule has 2 nitrogen and oxygen atoms in total. The molecule has 0 aliphatic heterocycles. The Morgan fingerprint density at radius 3 is 1.32 bits per heavy atom. The highest BCUT2D eigenvalue weighted by atomic mass is 15.1. The van der Waals surface area contributed by atoms with Gasteiger partial charge in [0, 0.05) is 5.92 Å². The first kappa shape index (κ1) is 38.6. The molecule has 0 aliphatic carbocycles. The van der Waals surface area contributed by atoms with Gasteiger partial charge in [-0.05, 0) is 31.2 Å². The zero-order valence-electron chi connectivity index (χ0n) is 29.7. The lowest BCUT2D eigenvalue weighted by atomic mass is 9.84. The Balaban J connectivity index is 1.68. The SMILES string of the molecule is CCCCCCCCCCCCCCCC(Cc1ccccc1)C(CCCCCCCCCCCCCCC)[n+]1cc[nH]c1. The number of rotatable bonds is 32. The summed E-state index contributed by atoms with van der Waals surface area (Å²) in [6.07, 6.45) is 47.7. The van der Waals surface area contributed by atoms with Gasteiger partial charge < -0.3 is 0 Å². The first-order valence-corrected chi connectivity index (χ1v) is 19.9. The van der Waals surface area contributed by atoms with Crippen molar-refractivity contribution in [3.05, 3.63) is 54.6 Å². The minimum atomic E-state index is 0.603. The van der Waals surface area contributed by atoms with Gasteiger partial charge in [0.2, 0.25) is 6.33 Å². The maximum atomic E-state index is 3.36. The van der Waals surface area contributed by atoms with E-state index in [0.29, 0.717) is 12.0 Å². The summed E-state index contributed by atoms with van der Waals surface area (Å²) in [7, 11) is 0. The Bertz CT molecular complexity index is 814. The summed E-state index contributed by atoms with van der Waals surface area (Å²) in [5.74, 6) is 0.711. The molecule has 0 radical (unpaired) electrons. The van der Waals surface area contributed by atoms with Gasteiger partial charge in [-0.25, -0.2) is 4.57 Å². The van der Waals surface area contributed by atoms with Crippen LogP contribution in [0.4, 0.5) is 0 Å². The molecule has 1 heterocycles. The van der Waals surface area contributed by atoms with Gasteiger partial charge in [-0.3, -0.25) is 4.98 Å². The summed E-state index contributed by atoms with van der Waals surface area (Å²) in [6.45, 7) is 4.62. The fourth-order valence-corrected chi connectivity index (χ4v) is 7.28. The van der Waals surface area contributed by atoms with Crippen LogP contribution in [0.25, 0.3) is 0 Å². The normalized spacial score (nSPS) is 13.0. The van der Waals surface area contributed by atoms with Gasteiger partial charge in [-0.15, -0.1) is 0 Å². The summed E-state index contributed by atoms with van der Waals surface area (Å²) in [5.41, 5.74) is 1.51. The third kappa shape index (κ3) is 20.5. The second kappa shape index (κ2) is 28.9. The number of aromatic nitrogens is 2. The highest BCUT2D eigenvalue weighted by Gasteiger charge is 2.26. The van der Waals surface area contributed by atoms with Crippen molar-refractivity contribution in [2.24, 2.45) is 5.92 Å². The molecule has 2 aromatic rings. The maximum absolute atomic E-state index is 3.36. The highest BCUT2D eigenvalue weighted by Crippen LogP contribution is 2.29. The number of aromatic amines is 1. The largest absolute Gasteiger partial charge is 0.250 e. The van der Waals surface area contributed by atoms with Crippen molar-refractivity contribution >= 4 is 0 Å². The van der Waals surface area contributed by atoms with E-state index in [9.17, 15) is 0 Å². The fourth-order valence-electron chi connectivity index (χ4n) is 7.28. The van der Waals surface area contributed by atoms with Crippen molar-refractivity contribution in [1.82, 2.24) is 4.98 Å². The van der Waals surface area contributed by atoms with Crippen LogP contribution in [0.3, 0.4) is 0 Å². The smallest absolute Gasteiger partial charge is 0.241 e. The predicted octanol–water partition coefficient (Wildman–Crippen LogP) is 13.7. The number of hydrogen-bond donors (Lipinski definition) is 1. The summed E-state index contributed by atoms with van der Waals surface area (Å²) in [6, 6.07) is 11.9. The third-order valence-electron chi connectivity index (χ3n) is 10.1. The number of imidazole rings is 1. The molecule has 2 unspecified atom stereocenters. The summed E-state index contributed by atoms with van der Waals surface area (Å²) >= 11 is 0. The number of H-pyrrole nitrogens is 1. The van der Waals surface area contributed by atoms with Crippen LogP contribution < -0.4 is 4.57 Å². The van der Waals surface area contributed by atoms with Crippen LogP contribution in [-0.2, 0) is 6.42 Å². The van der Waals surface area contributed by atoms with Crippen LogP contribution >= 0.6 is 0 Å².